The summed E-state index contributed by atoms with van der Waals surface area (Å²) < 4.78 is 5.96. The lowest BCUT2D eigenvalue weighted by molar-refractivity contribution is -0.145. The van der Waals surface area contributed by atoms with Crippen LogP contribution in [0.3, 0.4) is 0 Å². The molecule has 2 aliphatic rings. The number of likely N-dealkylation sites (N-methyl/N-ethyl adjacent to an activating group) is 1. The second-order valence-electron chi connectivity index (χ2n) is 6.26. The van der Waals surface area contributed by atoms with Gasteiger partial charge in [-0.1, -0.05) is 13.3 Å². The average Bonchev–Trinajstić information content (AvgIpc) is 3.29. The highest BCUT2D eigenvalue weighted by Crippen LogP contribution is 2.35. The van der Waals surface area contributed by atoms with Gasteiger partial charge in [-0.05, 0) is 44.4 Å². The van der Waals surface area contributed by atoms with Crippen LogP contribution in [0.4, 0.5) is 0 Å². The Balaban J connectivity index is 1.80. The van der Waals surface area contributed by atoms with Gasteiger partial charge in [-0.25, -0.2) is 0 Å². The van der Waals surface area contributed by atoms with Crippen LogP contribution in [0.15, 0.2) is 0 Å². The molecular weight excluding hydrogens is 240 g/mol. The Kier molecular flexibility index (Phi) is 4.85. The lowest BCUT2D eigenvalue weighted by atomic mass is 9.77. The van der Waals surface area contributed by atoms with Crippen LogP contribution in [0.5, 0.6) is 0 Å². The summed E-state index contributed by atoms with van der Waals surface area (Å²) in [5.74, 6) is 0.918. The van der Waals surface area contributed by atoms with Gasteiger partial charge in [0.25, 0.3) is 0 Å². The molecule has 0 radical (unpaired) electrons. The van der Waals surface area contributed by atoms with E-state index in [9.17, 15) is 4.79 Å². The Hall–Kier alpha value is -0.610. The van der Waals surface area contributed by atoms with Crippen LogP contribution in [-0.4, -0.2) is 42.6 Å². The largest absolute Gasteiger partial charge is 0.364 e. The predicted octanol–water partition coefficient (Wildman–Crippen LogP) is 1.92. The molecule has 0 saturated heterocycles. The van der Waals surface area contributed by atoms with Crippen LogP contribution in [0.1, 0.15) is 51.9 Å². The van der Waals surface area contributed by atoms with Crippen LogP contribution >= 0.6 is 0 Å². The zero-order chi connectivity index (χ0) is 13.9. The number of carbonyl (C=O) groups excluding carboxylic acids is 1. The summed E-state index contributed by atoms with van der Waals surface area (Å²) in [7, 11) is 1.88. The predicted molar refractivity (Wildman–Crippen MR) is 75.8 cm³/mol. The zero-order valence-corrected chi connectivity index (χ0v) is 12.4. The number of hydrogen-bond donors (Lipinski definition) is 1. The van der Waals surface area contributed by atoms with Gasteiger partial charge >= 0.3 is 0 Å². The van der Waals surface area contributed by atoms with Crippen molar-refractivity contribution in [2.75, 3.05) is 20.2 Å². The van der Waals surface area contributed by atoms with Crippen molar-refractivity contribution in [3.8, 4) is 0 Å². The van der Waals surface area contributed by atoms with E-state index in [0.29, 0.717) is 12.6 Å². The van der Waals surface area contributed by atoms with E-state index < -0.39 is 0 Å². The van der Waals surface area contributed by atoms with E-state index in [1.165, 1.54) is 19.3 Å². The van der Waals surface area contributed by atoms with E-state index in [0.717, 1.165) is 31.6 Å². The van der Waals surface area contributed by atoms with Gasteiger partial charge in [0.15, 0.2) is 0 Å². The summed E-state index contributed by atoms with van der Waals surface area (Å²) in [6.45, 7) is 2.97. The van der Waals surface area contributed by atoms with Gasteiger partial charge in [0.2, 0.25) is 5.91 Å². The van der Waals surface area contributed by atoms with E-state index in [4.69, 9.17) is 10.5 Å². The summed E-state index contributed by atoms with van der Waals surface area (Å²) in [5.41, 5.74) is 5.67. The molecule has 0 unspecified atom stereocenters. The Morgan fingerprint density at radius 3 is 2.42 bits per heavy atom. The van der Waals surface area contributed by atoms with Crippen LogP contribution in [-0.2, 0) is 9.53 Å². The minimum atomic E-state index is -0.244. The Morgan fingerprint density at radius 1 is 1.32 bits per heavy atom. The van der Waals surface area contributed by atoms with E-state index in [1.54, 1.807) is 0 Å². The van der Waals surface area contributed by atoms with Gasteiger partial charge in [-0.2, -0.15) is 0 Å². The standard InChI is InChI=1S/C15H28N2O2/c1-3-12-6-8-15(11-16,9-7-12)19-10-14(18)17(2)13-4-5-13/h12-13H,3-11,16H2,1-2H3. The maximum Gasteiger partial charge on any atom is 0.248 e. The SMILES string of the molecule is CCC1CCC(CN)(OCC(=O)N(C)C2CC2)CC1. The summed E-state index contributed by atoms with van der Waals surface area (Å²) >= 11 is 0. The Bertz CT molecular complexity index is 307. The number of carbonyl (C=O) groups is 1. The average molecular weight is 268 g/mol. The van der Waals surface area contributed by atoms with Gasteiger partial charge in [-0.3, -0.25) is 4.79 Å². The first-order valence-corrected chi connectivity index (χ1v) is 7.70. The number of ether oxygens (including phenoxy) is 1. The fourth-order valence-corrected chi connectivity index (χ4v) is 3.00. The Labute approximate surface area is 116 Å². The molecule has 2 N–H and O–H groups in total. The van der Waals surface area contributed by atoms with E-state index in [1.807, 2.05) is 11.9 Å². The maximum absolute atomic E-state index is 12.0. The van der Waals surface area contributed by atoms with Gasteiger partial charge in [0.05, 0.1) is 5.60 Å². The number of amides is 1. The molecule has 0 aromatic carbocycles. The molecule has 2 rings (SSSR count). The second-order valence-corrected chi connectivity index (χ2v) is 6.26. The number of nitrogens with zero attached hydrogens (tertiary/aromatic N) is 1. The molecule has 0 aromatic heterocycles. The van der Waals surface area contributed by atoms with Gasteiger partial charge < -0.3 is 15.4 Å². The highest BCUT2D eigenvalue weighted by molar-refractivity contribution is 5.77. The lowest BCUT2D eigenvalue weighted by Crippen LogP contribution is -2.46. The van der Waals surface area contributed by atoms with Crippen molar-refractivity contribution in [1.29, 1.82) is 0 Å². The topological polar surface area (TPSA) is 55.6 Å². The fourth-order valence-electron chi connectivity index (χ4n) is 3.00. The molecule has 2 fully saturated rings. The van der Waals surface area contributed by atoms with Crippen LogP contribution in [0.2, 0.25) is 0 Å². The fraction of sp³-hybridized carbons (Fsp3) is 0.933. The first-order valence-electron chi connectivity index (χ1n) is 7.70. The van der Waals surface area contributed by atoms with Crippen molar-refractivity contribution >= 4 is 5.91 Å². The minimum absolute atomic E-state index is 0.105. The quantitative estimate of drug-likeness (QED) is 0.800. The lowest BCUT2D eigenvalue weighted by Gasteiger charge is -2.39. The first kappa shape index (κ1) is 14.8. The molecule has 4 nitrogen and oxygen atoms in total. The molecular formula is C15H28N2O2. The van der Waals surface area contributed by atoms with Crippen LogP contribution < -0.4 is 5.73 Å². The zero-order valence-electron chi connectivity index (χ0n) is 12.4. The normalized spacial score (nSPS) is 31.2. The van der Waals surface area contributed by atoms with Gasteiger partial charge in [-0.15, -0.1) is 0 Å². The van der Waals surface area contributed by atoms with Gasteiger partial charge in [0.1, 0.15) is 6.61 Å². The molecule has 2 aliphatic carbocycles. The maximum atomic E-state index is 12.0. The van der Waals surface area contributed by atoms with Crippen molar-refractivity contribution in [1.82, 2.24) is 4.90 Å². The summed E-state index contributed by atoms with van der Waals surface area (Å²) in [6.07, 6.45) is 7.89. The van der Waals surface area contributed by atoms with Crippen LogP contribution in [0.25, 0.3) is 0 Å². The molecule has 2 saturated carbocycles. The molecule has 0 aromatic rings. The monoisotopic (exact) mass is 268 g/mol. The summed E-state index contributed by atoms with van der Waals surface area (Å²) in [4.78, 5) is 13.8. The van der Waals surface area contributed by atoms with Crippen molar-refractivity contribution in [3.63, 3.8) is 0 Å². The minimum Gasteiger partial charge on any atom is -0.364 e. The smallest absolute Gasteiger partial charge is 0.248 e. The molecule has 19 heavy (non-hydrogen) atoms. The number of hydrogen-bond acceptors (Lipinski definition) is 3. The summed E-state index contributed by atoms with van der Waals surface area (Å²) in [5, 5.41) is 0. The van der Waals surface area contributed by atoms with Gasteiger partial charge in [0, 0.05) is 19.6 Å². The third-order valence-electron chi connectivity index (χ3n) is 4.96. The molecule has 110 valence electrons. The van der Waals surface area contributed by atoms with Crippen LogP contribution in [0, 0.1) is 5.92 Å². The highest BCUT2D eigenvalue weighted by atomic mass is 16.5. The molecule has 0 aliphatic heterocycles. The highest BCUT2D eigenvalue weighted by Gasteiger charge is 2.36. The number of rotatable bonds is 6. The molecule has 4 heteroatoms. The molecule has 0 spiro atoms. The number of nitrogens with two attached hydrogens (primary N) is 1. The van der Waals surface area contributed by atoms with Crippen molar-refractivity contribution in [2.24, 2.45) is 11.7 Å². The molecule has 0 atom stereocenters. The summed E-state index contributed by atoms with van der Waals surface area (Å²) in [6, 6.07) is 0.459. The van der Waals surface area contributed by atoms with Crippen molar-refractivity contribution < 1.29 is 9.53 Å². The van der Waals surface area contributed by atoms with Crippen molar-refractivity contribution in [2.45, 2.75) is 63.5 Å². The first-order chi connectivity index (χ1) is 9.10. The molecule has 0 bridgehead atoms. The third-order valence-corrected chi connectivity index (χ3v) is 4.96. The van der Waals surface area contributed by atoms with E-state index in [2.05, 4.69) is 6.92 Å². The molecule has 1 amide bonds. The Morgan fingerprint density at radius 2 is 1.95 bits per heavy atom. The third kappa shape index (κ3) is 3.69. The molecule has 0 heterocycles. The van der Waals surface area contributed by atoms with E-state index in [-0.39, 0.29) is 18.1 Å². The van der Waals surface area contributed by atoms with Crippen molar-refractivity contribution in [3.05, 3.63) is 0 Å². The van der Waals surface area contributed by atoms with E-state index >= 15 is 0 Å². The second kappa shape index (κ2) is 6.23.